The normalized spacial score (nSPS) is 10.3. The third kappa shape index (κ3) is 4.07. The summed E-state index contributed by atoms with van der Waals surface area (Å²) in [5, 5.41) is 2.43. The summed E-state index contributed by atoms with van der Waals surface area (Å²) in [6.45, 7) is 4.07. The number of nitrogens with one attached hydrogen (secondary N) is 1. The summed E-state index contributed by atoms with van der Waals surface area (Å²) < 4.78 is 23.3. The molecule has 0 saturated carbocycles. The second-order valence-electron chi connectivity index (χ2n) is 4.08. The van der Waals surface area contributed by atoms with Gasteiger partial charge in [-0.05, 0) is 12.0 Å². The molecule has 0 aliphatic carbocycles. The third-order valence-electron chi connectivity index (χ3n) is 2.03. The highest BCUT2D eigenvalue weighted by molar-refractivity contribution is 6.32. The van der Waals surface area contributed by atoms with Crippen LogP contribution in [0.4, 0.5) is 14.9 Å². The standard InChI is InChI=1S/C12H15ClFNO3/c1-7(2)6-18-12(16)15-10-5-11(17-3)8(13)4-9(10)14/h4-5,7H,6H2,1-3H3,(H,15,16). The quantitative estimate of drug-likeness (QED) is 0.911. The first-order chi connectivity index (χ1) is 8.43. The van der Waals surface area contributed by atoms with E-state index in [4.69, 9.17) is 21.1 Å². The number of rotatable bonds is 4. The first-order valence-electron chi connectivity index (χ1n) is 5.40. The molecule has 100 valence electrons. The number of halogens is 2. The molecule has 1 rings (SSSR count). The number of carbonyl (C=O) groups is 1. The smallest absolute Gasteiger partial charge is 0.411 e. The molecule has 6 heteroatoms. The Balaban J connectivity index is 2.75. The van der Waals surface area contributed by atoms with Crippen LogP contribution in [0.2, 0.25) is 5.02 Å². The fraction of sp³-hybridized carbons (Fsp3) is 0.417. The van der Waals surface area contributed by atoms with Crippen molar-refractivity contribution in [2.75, 3.05) is 19.0 Å². The largest absolute Gasteiger partial charge is 0.495 e. The van der Waals surface area contributed by atoms with Crippen molar-refractivity contribution in [3.8, 4) is 5.75 Å². The molecule has 4 nitrogen and oxygen atoms in total. The molecule has 0 saturated heterocycles. The van der Waals surface area contributed by atoms with Gasteiger partial charge in [0.25, 0.3) is 0 Å². The van der Waals surface area contributed by atoms with E-state index in [0.717, 1.165) is 6.07 Å². The van der Waals surface area contributed by atoms with Gasteiger partial charge in [-0.3, -0.25) is 5.32 Å². The van der Waals surface area contributed by atoms with Crippen molar-refractivity contribution in [2.24, 2.45) is 5.92 Å². The molecule has 0 aromatic heterocycles. The van der Waals surface area contributed by atoms with Crippen LogP contribution in [0.1, 0.15) is 13.8 Å². The number of anilines is 1. The van der Waals surface area contributed by atoms with Crippen molar-refractivity contribution >= 4 is 23.4 Å². The maximum absolute atomic E-state index is 13.5. The topological polar surface area (TPSA) is 47.6 Å². The zero-order valence-corrected chi connectivity index (χ0v) is 11.2. The number of hydrogen-bond acceptors (Lipinski definition) is 3. The predicted molar refractivity (Wildman–Crippen MR) is 67.8 cm³/mol. The van der Waals surface area contributed by atoms with Crippen molar-refractivity contribution in [1.29, 1.82) is 0 Å². The van der Waals surface area contributed by atoms with Gasteiger partial charge >= 0.3 is 6.09 Å². The van der Waals surface area contributed by atoms with E-state index >= 15 is 0 Å². The molecule has 0 atom stereocenters. The summed E-state index contributed by atoms with van der Waals surface area (Å²) in [6, 6.07) is 2.37. The molecule has 18 heavy (non-hydrogen) atoms. The molecule has 1 aromatic carbocycles. The van der Waals surface area contributed by atoms with Gasteiger partial charge in [0, 0.05) is 6.07 Å². The lowest BCUT2D eigenvalue weighted by molar-refractivity contribution is 0.147. The SMILES string of the molecule is COc1cc(NC(=O)OCC(C)C)c(F)cc1Cl. The monoisotopic (exact) mass is 275 g/mol. The van der Waals surface area contributed by atoms with Gasteiger partial charge in [-0.1, -0.05) is 25.4 Å². The highest BCUT2D eigenvalue weighted by Crippen LogP contribution is 2.30. The van der Waals surface area contributed by atoms with Crippen molar-refractivity contribution in [1.82, 2.24) is 0 Å². The van der Waals surface area contributed by atoms with Gasteiger partial charge in [-0.25, -0.2) is 9.18 Å². The average Bonchev–Trinajstić information content (AvgIpc) is 2.30. The Morgan fingerprint density at radius 2 is 2.17 bits per heavy atom. The van der Waals surface area contributed by atoms with Crippen molar-refractivity contribution < 1.29 is 18.7 Å². The van der Waals surface area contributed by atoms with Gasteiger partial charge in [0.15, 0.2) is 0 Å². The average molecular weight is 276 g/mol. The van der Waals surface area contributed by atoms with Crippen molar-refractivity contribution in [3.63, 3.8) is 0 Å². The van der Waals surface area contributed by atoms with Crippen molar-refractivity contribution in [3.05, 3.63) is 23.0 Å². The van der Waals surface area contributed by atoms with E-state index in [1.165, 1.54) is 13.2 Å². The van der Waals surface area contributed by atoms with E-state index < -0.39 is 11.9 Å². The lowest BCUT2D eigenvalue weighted by Crippen LogP contribution is -2.17. The molecule has 1 N–H and O–H groups in total. The van der Waals surface area contributed by atoms with Crippen LogP contribution in [0.25, 0.3) is 0 Å². The zero-order chi connectivity index (χ0) is 13.7. The fourth-order valence-corrected chi connectivity index (χ4v) is 1.40. The third-order valence-corrected chi connectivity index (χ3v) is 2.32. The summed E-state index contributed by atoms with van der Waals surface area (Å²) in [5.41, 5.74) is -0.0370. The van der Waals surface area contributed by atoms with Gasteiger partial charge in [0.2, 0.25) is 0 Å². The van der Waals surface area contributed by atoms with Crippen molar-refractivity contribution in [2.45, 2.75) is 13.8 Å². The lowest BCUT2D eigenvalue weighted by atomic mass is 10.2. The van der Waals surface area contributed by atoms with Crippen LogP contribution >= 0.6 is 11.6 Å². The number of methoxy groups -OCH3 is 1. The molecule has 0 radical (unpaired) electrons. The Morgan fingerprint density at radius 3 is 2.72 bits per heavy atom. The Kier molecular flexibility index (Phi) is 5.22. The van der Waals surface area contributed by atoms with Crippen LogP contribution in [0.5, 0.6) is 5.75 Å². The molecule has 1 amide bonds. The van der Waals surface area contributed by atoms with Crippen LogP contribution in [0.3, 0.4) is 0 Å². The lowest BCUT2D eigenvalue weighted by Gasteiger charge is -2.11. The molecule has 0 bridgehead atoms. The van der Waals surface area contributed by atoms with E-state index in [2.05, 4.69) is 5.32 Å². The van der Waals surface area contributed by atoms with Crippen LogP contribution in [-0.4, -0.2) is 19.8 Å². The van der Waals surface area contributed by atoms with Crippen LogP contribution in [-0.2, 0) is 4.74 Å². The summed E-state index contributed by atoms with van der Waals surface area (Å²) in [7, 11) is 1.40. The van der Waals surface area contributed by atoms with E-state index in [1.807, 2.05) is 13.8 Å². The summed E-state index contributed by atoms with van der Waals surface area (Å²) >= 11 is 5.73. The summed E-state index contributed by atoms with van der Waals surface area (Å²) in [5.74, 6) is -0.167. The number of benzene rings is 1. The highest BCUT2D eigenvalue weighted by atomic mass is 35.5. The minimum absolute atomic E-state index is 0.0370. The minimum atomic E-state index is -0.716. The molecule has 0 unspecified atom stereocenters. The van der Waals surface area contributed by atoms with Crippen LogP contribution in [0, 0.1) is 11.7 Å². The Hall–Kier alpha value is -1.49. The first kappa shape index (κ1) is 14.6. The van der Waals surface area contributed by atoms with Crippen LogP contribution < -0.4 is 10.1 Å². The number of hydrogen-bond donors (Lipinski definition) is 1. The predicted octanol–water partition coefficient (Wildman–Crippen LogP) is 3.69. The molecule has 0 aliphatic rings. The number of carbonyl (C=O) groups excluding carboxylic acids is 1. The van der Waals surface area contributed by atoms with E-state index in [0.29, 0.717) is 0 Å². The molecule has 0 spiro atoms. The molecule has 0 aliphatic heterocycles. The van der Waals surface area contributed by atoms with Gasteiger partial charge in [-0.15, -0.1) is 0 Å². The van der Waals surface area contributed by atoms with Crippen LogP contribution in [0.15, 0.2) is 12.1 Å². The highest BCUT2D eigenvalue weighted by Gasteiger charge is 2.12. The van der Waals surface area contributed by atoms with Gasteiger partial charge in [0.05, 0.1) is 24.4 Å². The zero-order valence-electron chi connectivity index (χ0n) is 10.4. The van der Waals surface area contributed by atoms with Gasteiger partial charge < -0.3 is 9.47 Å². The maximum Gasteiger partial charge on any atom is 0.411 e. The van der Waals surface area contributed by atoms with E-state index in [1.54, 1.807) is 0 Å². The van der Waals surface area contributed by atoms with Gasteiger partial charge in [0.1, 0.15) is 11.6 Å². The summed E-state index contributed by atoms with van der Waals surface area (Å²) in [4.78, 5) is 11.4. The Bertz CT molecular complexity index is 438. The summed E-state index contributed by atoms with van der Waals surface area (Å²) in [6.07, 6.45) is -0.716. The van der Waals surface area contributed by atoms with E-state index in [9.17, 15) is 9.18 Å². The Morgan fingerprint density at radius 1 is 1.50 bits per heavy atom. The first-order valence-corrected chi connectivity index (χ1v) is 5.78. The Labute approximate surface area is 110 Å². The fourth-order valence-electron chi connectivity index (χ4n) is 1.17. The second-order valence-corrected chi connectivity index (χ2v) is 4.49. The minimum Gasteiger partial charge on any atom is -0.495 e. The maximum atomic E-state index is 13.5. The van der Waals surface area contributed by atoms with Gasteiger partial charge in [-0.2, -0.15) is 0 Å². The molecule has 0 fully saturated rings. The number of amides is 1. The molecule has 1 aromatic rings. The molecular formula is C12H15ClFNO3. The molecule has 0 heterocycles. The number of ether oxygens (including phenoxy) is 2. The van der Waals surface area contributed by atoms with E-state index in [-0.39, 0.29) is 29.0 Å². The second kappa shape index (κ2) is 6.44. The molecular weight excluding hydrogens is 261 g/mol.